The number of carbonyl (C=O) groups is 1. The zero-order chi connectivity index (χ0) is 15.1. The molecule has 0 atom stereocenters. The average Bonchev–Trinajstić information content (AvgIpc) is 2.91. The Balaban J connectivity index is 1.68. The third-order valence-corrected chi connectivity index (χ3v) is 5.29. The van der Waals surface area contributed by atoms with Crippen molar-refractivity contribution in [1.29, 1.82) is 0 Å². The van der Waals surface area contributed by atoms with E-state index >= 15 is 0 Å². The van der Waals surface area contributed by atoms with Crippen molar-refractivity contribution in [3.8, 4) is 5.75 Å². The van der Waals surface area contributed by atoms with E-state index in [0.717, 1.165) is 8.68 Å². The van der Waals surface area contributed by atoms with E-state index in [-0.39, 0.29) is 17.5 Å². The molecule has 112 valence electrons. The van der Waals surface area contributed by atoms with Gasteiger partial charge in [0.15, 0.2) is 8.68 Å². The molecule has 1 aromatic carbocycles. The molecular formula is C12H12FN3O2S3. The fourth-order valence-electron chi connectivity index (χ4n) is 1.27. The van der Waals surface area contributed by atoms with Gasteiger partial charge >= 0.3 is 0 Å². The molecular weight excluding hydrogens is 333 g/mol. The Bertz CT molecular complexity index is 592. The minimum atomic E-state index is -0.378. The Morgan fingerprint density at radius 1 is 1.24 bits per heavy atom. The molecule has 0 radical (unpaired) electrons. The molecule has 0 aliphatic carbocycles. The second kappa shape index (κ2) is 8.20. The number of nitrogens with two attached hydrogens (primary N) is 1. The fraction of sp³-hybridized carbons (Fsp3) is 0.250. The molecule has 2 N–H and O–H groups in total. The molecule has 0 saturated heterocycles. The Morgan fingerprint density at radius 3 is 2.57 bits per heavy atom. The smallest absolute Gasteiger partial charge is 0.227 e. The molecule has 9 heteroatoms. The fourth-order valence-corrected chi connectivity index (χ4v) is 3.91. The summed E-state index contributed by atoms with van der Waals surface area (Å²) in [6, 6.07) is 5.89. The van der Waals surface area contributed by atoms with Gasteiger partial charge in [0.25, 0.3) is 0 Å². The summed E-state index contributed by atoms with van der Waals surface area (Å²) in [5, 5.41) is 7.96. The summed E-state index contributed by atoms with van der Waals surface area (Å²) in [7, 11) is 0. The molecule has 1 aromatic heterocycles. The van der Waals surface area contributed by atoms with Crippen LogP contribution in [-0.2, 0) is 4.79 Å². The van der Waals surface area contributed by atoms with Crippen LogP contribution in [0.15, 0.2) is 32.9 Å². The van der Waals surface area contributed by atoms with Gasteiger partial charge < -0.3 is 10.5 Å². The first kappa shape index (κ1) is 16.1. The van der Waals surface area contributed by atoms with Crippen molar-refractivity contribution in [2.24, 2.45) is 5.73 Å². The first-order valence-corrected chi connectivity index (χ1v) is 8.68. The first-order valence-electron chi connectivity index (χ1n) is 5.89. The summed E-state index contributed by atoms with van der Waals surface area (Å²) in [6.45, 7) is 0.486. The van der Waals surface area contributed by atoms with E-state index in [1.54, 1.807) is 12.1 Å². The van der Waals surface area contributed by atoms with E-state index < -0.39 is 0 Å². The molecule has 2 rings (SSSR count). The van der Waals surface area contributed by atoms with Gasteiger partial charge in [-0.15, -0.1) is 10.2 Å². The number of nitrogens with zero attached hydrogens (tertiary/aromatic N) is 2. The second-order valence-electron chi connectivity index (χ2n) is 3.74. The molecule has 0 unspecified atom stereocenters. The quantitative estimate of drug-likeness (QED) is 0.585. The number of primary amides is 1. The lowest BCUT2D eigenvalue weighted by molar-refractivity contribution is -0.115. The van der Waals surface area contributed by atoms with Crippen molar-refractivity contribution in [3.05, 3.63) is 30.1 Å². The SMILES string of the molecule is NC(=O)CSc1nnc(SCCOc2ccc(F)cc2)s1. The Labute approximate surface area is 133 Å². The number of rotatable bonds is 8. The number of ether oxygens (including phenoxy) is 1. The minimum absolute atomic E-state index is 0.201. The van der Waals surface area contributed by atoms with Crippen LogP contribution in [0, 0.1) is 5.82 Å². The van der Waals surface area contributed by atoms with Crippen LogP contribution in [0.4, 0.5) is 4.39 Å². The second-order valence-corrected chi connectivity index (χ2v) is 7.28. The number of thioether (sulfide) groups is 2. The van der Waals surface area contributed by atoms with Gasteiger partial charge in [0.05, 0.1) is 12.4 Å². The van der Waals surface area contributed by atoms with Crippen molar-refractivity contribution in [2.45, 2.75) is 8.68 Å². The van der Waals surface area contributed by atoms with E-state index in [1.165, 1.54) is 47.0 Å². The zero-order valence-electron chi connectivity index (χ0n) is 10.8. The van der Waals surface area contributed by atoms with E-state index in [0.29, 0.717) is 18.1 Å². The van der Waals surface area contributed by atoms with Crippen LogP contribution in [-0.4, -0.2) is 34.2 Å². The lowest BCUT2D eigenvalue weighted by Gasteiger charge is -2.04. The van der Waals surface area contributed by atoms with Crippen molar-refractivity contribution in [1.82, 2.24) is 10.2 Å². The zero-order valence-corrected chi connectivity index (χ0v) is 13.3. The van der Waals surface area contributed by atoms with Crippen molar-refractivity contribution < 1.29 is 13.9 Å². The summed E-state index contributed by atoms with van der Waals surface area (Å²) < 4.78 is 19.7. The van der Waals surface area contributed by atoms with Gasteiger partial charge in [0.2, 0.25) is 5.91 Å². The highest BCUT2D eigenvalue weighted by Gasteiger charge is 2.07. The molecule has 5 nitrogen and oxygen atoms in total. The molecule has 21 heavy (non-hydrogen) atoms. The number of carbonyl (C=O) groups excluding carboxylic acids is 1. The molecule has 0 fully saturated rings. The van der Waals surface area contributed by atoms with Crippen molar-refractivity contribution in [3.63, 3.8) is 0 Å². The number of amides is 1. The van der Waals surface area contributed by atoms with Gasteiger partial charge in [-0.05, 0) is 24.3 Å². The highest BCUT2D eigenvalue weighted by Crippen LogP contribution is 2.28. The summed E-state index contributed by atoms with van der Waals surface area (Å²) in [5.41, 5.74) is 5.06. The Hall–Kier alpha value is -1.32. The topological polar surface area (TPSA) is 78.1 Å². The normalized spacial score (nSPS) is 10.5. The number of aromatic nitrogens is 2. The summed E-state index contributed by atoms with van der Waals surface area (Å²) in [6.07, 6.45) is 0. The van der Waals surface area contributed by atoms with Gasteiger partial charge in [0.1, 0.15) is 11.6 Å². The van der Waals surface area contributed by atoms with Gasteiger partial charge in [-0.2, -0.15) is 0 Å². The number of halogens is 1. The largest absolute Gasteiger partial charge is 0.493 e. The highest BCUT2D eigenvalue weighted by molar-refractivity contribution is 8.03. The number of hydrogen-bond acceptors (Lipinski definition) is 7. The van der Waals surface area contributed by atoms with Gasteiger partial charge in [-0.3, -0.25) is 4.79 Å². The molecule has 0 bridgehead atoms. The molecule has 2 aromatic rings. The van der Waals surface area contributed by atoms with Crippen molar-refractivity contribution >= 4 is 40.8 Å². The molecule has 0 saturated carbocycles. The molecule has 0 aliphatic heterocycles. The first-order chi connectivity index (χ1) is 10.1. The highest BCUT2D eigenvalue weighted by atomic mass is 32.2. The monoisotopic (exact) mass is 345 g/mol. The molecule has 1 heterocycles. The van der Waals surface area contributed by atoms with Crippen LogP contribution in [0.25, 0.3) is 0 Å². The standard InChI is InChI=1S/C12H12FN3O2S3/c13-8-1-3-9(4-2-8)18-5-6-19-11-15-16-12(21-11)20-7-10(14)17/h1-4H,5-7H2,(H2,14,17). The molecule has 0 aliphatic rings. The lowest BCUT2D eigenvalue weighted by atomic mass is 10.3. The summed E-state index contributed by atoms with van der Waals surface area (Å²) >= 11 is 4.21. The van der Waals surface area contributed by atoms with E-state index in [9.17, 15) is 9.18 Å². The van der Waals surface area contributed by atoms with Crippen LogP contribution in [0.3, 0.4) is 0 Å². The average molecular weight is 345 g/mol. The van der Waals surface area contributed by atoms with E-state index in [2.05, 4.69) is 10.2 Å². The van der Waals surface area contributed by atoms with Crippen LogP contribution in [0.1, 0.15) is 0 Å². The van der Waals surface area contributed by atoms with Gasteiger partial charge in [-0.1, -0.05) is 34.9 Å². The maximum Gasteiger partial charge on any atom is 0.227 e. The Morgan fingerprint density at radius 2 is 1.90 bits per heavy atom. The third-order valence-electron chi connectivity index (χ3n) is 2.12. The van der Waals surface area contributed by atoms with Crippen LogP contribution in [0.2, 0.25) is 0 Å². The van der Waals surface area contributed by atoms with E-state index in [1.807, 2.05) is 0 Å². The summed E-state index contributed by atoms with van der Waals surface area (Å²) in [5.74, 6) is 0.870. The Kier molecular flexibility index (Phi) is 6.27. The van der Waals surface area contributed by atoms with Crippen LogP contribution < -0.4 is 10.5 Å². The van der Waals surface area contributed by atoms with Crippen LogP contribution in [0.5, 0.6) is 5.75 Å². The number of benzene rings is 1. The van der Waals surface area contributed by atoms with Crippen molar-refractivity contribution in [2.75, 3.05) is 18.1 Å². The van der Waals surface area contributed by atoms with Gasteiger partial charge in [-0.25, -0.2) is 4.39 Å². The number of hydrogen-bond donors (Lipinski definition) is 1. The molecule has 0 spiro atoms. The predicted octanol–water partition coefficient (Wildman–Crippen LogP) is 2.43. The maximum absolute atomic E-state index is 12.7. The minimum Gasteiger partial charge on any atom is -0.493 e. The van der Waals surface area contributed by atoms with E-state index in [4.69, 9.17) is 10.5 Å². The van der Waals surface area contributed by atoms with Gasteiger partial charge in [0, 0.05) is 5.75 Å². The van der Waals surface area contributed by atoms with Crippen LogP contribution >= 0.6 is 34.9 Å². The molecule has 1 amide bonds. The third kappa shape index (κ3) is 5.90. The summed E-state index contributed by atoms with van der Waals surface area (Å²) in [4.78, 5) is 10.7. The maximum atomic E-state index is 12.7. The predicted molar refractivity (Wildman–Crippen MR) is 82.4 cm³/mol. The lowest BCUT2D eigenvalue weighted by Crippen LogP contribution is -2.12.